The van der Waals surface area contributed by atoms with Gasteiger partial charge in [-0.3, -0.25) is 14.9 Å². The SMILES string of the molecule is COc1cc(/C(O)=C(\C#N)C(=O)N(C)Cc2ccc(F)cc2F)cc([N+](=O)[O-])c1O. The van der Waals surface area contributed by atoms with Gasteiger partial charge in [0.05, 0.1) is 12.0 Å². The fourth-order valence-corrected chi connectivity index (χ4v) is 2.54. The molecule has 2 rings (SSSR count). The standard InChI is InChI=1S/C19H15F2N3O6/c1-23(9-10-3-4-12(20)7-14(10)21)19(27)13(8-22)17(25)11-5-15(24(28)29)18(26)16(6-11)30-2/h3-7,25-26H,9H2,1-2H3/b17-13-. The first-order chi connectivity index (χ1) is 14.1. The van der Waals surface area contributed by atoms with E-state index in [0.717, 1.165) is 36.3 Å². The lowest BCUT2D eigenvalue weighted by atomic mass is 10.1. The summed E-state index contributed by atoms with van der Waals surface area (Å²) in [5.41, 5.74) is -1.97. The van der Waals surface area contributed by atoms with Crippen molar-refractivity contribution in [2.75, 3.05) is 14.2 Å². The molecule has 9 nitrogen and oxygen atoms in total. The summed E-state index contributed by atoms with van der Waals surface area (Å²) in [6, 6.07) is 6.02. The van der Waals surface area contributed by atoms with Crippen molar-refractivity contribution in [2.45, 2.75) is 6.54 Å². The number of nitro benzene ring substituents is 1. The van der Waals surface area contributed by atoms with Gasteiger partial charge in [-0.1, -0.05) is 6.07 Å². The Labute approximate surface area is 168 Å². The van der Waals surface area contributed by atoms with Crippen LogP contribution < -0.4 is 4.74 Å². The zero-order chi connectivity index (χ0) is 22.6. The van der Waals surface area contributed by atoms with Crippen LogP contribution in [0.25, 0.3) is 5.76 Å². The van der Waals surface area contributed by atoms with Gasteiger partial charge in [0.25, 0.3) is 5.91 Å². The van der Waals surface area contributed by atoms with Crippen LogP contribution in [0.15, 0.2) is 35.9 Å². The van der Waals surface area contributed by atoms with Gasteiger partial charge in [0, 0.05) is 36.9 Å². The van der Waals surface area contributed by atoms with Gasteiger partial charge in [-0.15, -0.1) is 0 Å². The van der Waals surface area contributed by atoms with E-state index in [-0.39, 0.29) is 23.4 Å². The third-order valence-electron chi connectivity index (χ3n) is 4.08. The number of carbonyl (C=O) groups is 1. The van der Waals surface area contributed by atoms with E-state index in [2.05, 4.69) is 0 Å². The topological polar surface area (TPSA) is 137 Å². The minimum Gasteiger partial charge on any atom is -0.506 e. The fraction of sp³-hybridized carbons (Fsp3) is 0.158. The van der Waals surface area contributed by atoms with Crippen molar-refractivity contribution in [2.24, 2.45) is 0 Å². The lowest BCUT2D eigenvalue weighted by Gasteiger charge is -2.18. The number of aromatic hydroxyl groups is 1. The molecule has 0 saturated heterocycles. The minimum atomic E-state index is -1.02. The Balaban J connectivity index is 2.46. The second kappa shape index (κ2) is 8.87. The number of likely N-dealkylation sites (N-methyl/N-ethyl adjacent to an activating group) is 1. The first-order valence-corrected chi connectivity index (χ1v) is 8.19. The van der Waals surface area contributed by atoms with E-state index in [1.54, 1.807) is 0 Å². The number of methoxy groups -OCH3 is 1. The number of phenols is 1. The average Bonchev–Trinajstić information content (AvgIpc) is 2.70. The predicted octanol–water partition coefficient (Wildman–Crippen LogP) is 3.04. The number of hydrogen-bond acceptors (Lipinski definition) is 7. The maximum atomic E-state index is 13.8. The summed E-state index contributed by atoms with van der Waals surface area (Å²) < 4.78 is 31.6. The molecule has 0 saturated carbocycles. The largest absolute Gasteiger partial charge is 0.506 e. The lowest BCUT2D eigenvalue weighted by Crippen LogP contribution is -2.28. The van der Waals surface area contributed by atoms with E-state index in [1.807, 2.05) is 0 Å². The number of nitrogens with zero attached hydrogens (tertiary/aromatic N) is 3. The number of phenolic OH excluding ortho intramolecular Hbond substituents is 1. The van der Waals surface area contributed by atoms with E-state index >= 15 is 0 Å². The molecule has 30 heavy (non-hydrogen) atoms. The molecule has 0 aliphatic rings. The molecule has 156 valence electrons. The summed E-state index contributed by atoms with van der Waals surface area (Å²) in [5.74, 6) is -4.79. The lowest BCUT2D eigenvalue weighted by molar-refractivity contribution is -0.386. The predicted molar refractivity (Wildman–Crippen MR) is 99.3 cm³/mol. The van der Waals surface area contributed by atoms with Gasteiger partial charge >= 0.3 is 5.69 Å². The molecule has 2 N–H and O–H groups in total. The van der Waals surface area contributed by atoms with Crippen LogP contribution >= 0.6 is 0 Å². The Bertz CT molecular complexity index is 1090. The van der Waals surface area contributed by atoms with Gasteiger partial charge in [0.15, 0.2) is 11.3 Å². The number of amides is 1. The van der Waals surface area contributed by atoms with Crippen molar-refractivity contribution in [3.63, 3.8) is 0 Å². The molecule has 0 aliphatic heterocycles. The Morgan fingerprint density at radius 3 is 2.53 bits per heavy atom. The number of nitriles is 1. The van der Waals surface area contributed by atoms with Gasteiger partial charge in [-0.05, 0) is 12.1 Å². The highest BCUT2D eigenvalue weighted by Gasteiger charge is 2.26. The number of hydrogen-bond donors (Lipinski definition) is 2. The third kappa shape index (κ3) is 4.44. The molecule has 2 aromatic carbocycles. The van der Waals surface area contributed by atoms with Crippen molar-refractivity contribution in [3.05, 3.63) is 68.8 Å². The summed E-state index contributed by atoms with van der Waals surface area (Å²) in [6.07, 6.45) is 0. The van der Waals surface area contributed by atoms with Crippen LogP contribution in [0.2, 0.25) is 0 Å². The molecule has 0 spiro atoms. The van der Waals surface area contributed by atoms with Crippen molar-refractivity contribution in [1.82, 2.24) is 4.90 Å². The van der Waals surface area contributed by atoms with Crippen LogP contribution in [-0.4, -0.2) is 40.1 Å². The van der Waals surface area contributed by atoms with Gasteiger partial charge in [-0.2, -0.15) is 5.26 Å². The molecule has 0 unspecified atom stereocenters. The summed E-state index contributed by atoms with van der Waals surface area (Å²) in [4.78, 5) is 23.6. The average molecular weight is 419 g/mol. The molecule has 0 aliphatic carbocycles. The molecule has 0 radical (unpaired) electrons. The first kappa shape index (κ1) is 22.1. The summed E-state index contributed by atoms with van der Waals surface area (Å²) in [5, 5.41) is 40.6. The molecule has 0 heterocycles. The van der Waals surface area contributed by atoms with Crippen LogP contribution in [0.5, 0.6) is 11.5 Å². The molecule has 11 heteroatoms. The van der Waals surface area contributed by atoms with E-state index < -0.39 is 45.2 Å². The second-order valence-electron chi connectivity index (χ2n) is 6.04. The van der Waals surface area contributed by atoms with Gasteiger partial charge in [0.1, 0.15) is 23.5 Å². The van der Waals surface area contributed by atoms with Crippen molar-refractivity contribution in [3.8, 4) is 17.6 Å². The Morgan fingerprint density at radius 2 is 2.00 bits per heavy atom. The number of nitro groups is 1. The number of aliphatic hydroxyl groups is 1. The quantitative estimate of drug-likeness (QED) is 0.241. The van der Waals surface area contributed by atoms with Crippen LogP contribution in [0, 0.1) is 33.1 Å². The fourth-order valence-electron chi connectivity index (χ4n) is 2.54. The summed E-state index contributed by atoms with van der Waals surface area (Å²) in [6.45, 7) is -0.345. The van der Waals surface area contributed by atoms with E-state index in [9.17, 15) is 39.2 Å². The van der Waals surface area contributed by atoms with Crippen molar-refractivity contribution >= 4 is 17.4 Å². The minimum absolute atomic E-state index is 0.0361. The normalized spacial score (nSPS) is 11.3. The highest BCUT2D eigenvalue weighted by molar-refractivity contribution is 6.03. The maximum Gasteiger partial charge on any atom is 0.315 e. The smallest absolute Gasteiger partial charge is 0.315 e. The molecule has 2 aromatic rings. The molecule has 0 bridgehead atoms. The summed E-state index contributed by atoms with van der Waals surface area (Å²) in [7, 11) is 2.33. The number of carbonyl (C=O) groups excluding carboxylic acids is 1. The molecule has 0 atom stereocenters. The highest BCUT2D eigenvalue weighted by atomic mass is 19.1. The van der Waals surface area contributed by atoms with E-state index in [1.165, 1.54) is 13.1 Å². The maximum absolute atomic E-state index is 13.8. The molecule has 0 aromatic heterocycles. The van der Waals surface area contributed by atoms with Crippen LogP contribution in [0.1, 0.15) is 11.1 Å². The van der Waals surface area contributed by atoms with E-state index in [0.29, 0.717) is 6.07 Å². The van der Waals surface area contributed by atoms with Crippen LogP contribution in [0.4, 0.5) is 14.5 Å². The highest BCUT2D eigenvalue weighted by Crippen LogP contribution is 2.38. The van der Waals surface area contributed by atoms with Crippen molar-refractivity contribution in [1.29, 1.82) is 5.26 Å². The molecular weight excluding hydrogens is 404 g/mol. The van der Waals surface area contributed by atoms with Crippen molar-refractivity contribution < 1.29 is 33.4 Å². The van der Waals surface area contributed by atoms with E-state index in [4.69, 9.17) is 4.74 Å². The number of rotatable bonds is 6. The molecular formula is C19H15F2N3O6. The molecule has 1 amide bonds. The first-order valence-electron chi connectivity index (χ1n) is 8.19. The number of ether oxygens (including phenoxy) is 1. The number of benzene rings is 2. The Hall–Kier alpha value is -4.20. The summed E-state index contributed by atoms with van der Waals surface area (Å²) >= 11 is 0. The van der Waals surface area contributed by atoms with Gasteiger partial charge in [0.2, 0.25) is 5.75 Å². The number of aliphatic hydroxyl groups excluding tert-OH is 1. The zero-order valence-corrected chi connectivity index (χ0v) is 15.7. The zero-order valence-electron chi connectivity index (χ0n) is 15.7. The second-order valence-corrected chi connectivity index (χ2v) is 6.04. The van der Waals surface area contributed by atoms with Crippen LogP contribution in [-0.2, 0) is 11.3 Å². The third-order valence-corrected chi connectivity index (χ3v) is 4.08. The van der Waals surface area contributed by atoms with Crippen LogP contribution in [0.3, 0.4) is 0 Å². The molecule has 0 fully saturated rings. The Morgan fingerprint density at radius 1 is 1.33 bits per heavy atom. The Kier molecular flexibility index (Phi) is 6.53. The van der Waals surface area contributed by atoms with Gasteiger partial charge in [-0.25, -0.2) is 8.78 Å². The van der Waals surface area contributed by atoms with Gasteiger partial charge < -0.3 is 19.8 Å². The monoisotopic (exact) mass is 419 g/mol. The number of halogens is 2.